The number of methoxy groups -OCH3 is 2. The molecule has 0 fully saturated rings. The maximum absolute atomic E-state index is 11.8. The number of hydrogen-bond acceptors (Lipinski definition) is 4. The zero-order chi connectivity index (χ0) is 12.1. The van der Waals surface area contributed by atoms with Gasteiger partial charge in [-0.05, 0) is 31.7 Å². The fourth-order valence-electron chi connectivity index (χ4n) is 1.54. The molecule has 0 unspecified atom stereocenters. The first-order chi connectivity index (χ1) is 7.63. The average Bonchev–Trinajstić information content (AvgIpc) is 2.28. The number of hydrogen-bond donors (Lipinski definition) is 1. The van der Waals surface area contributed by atoms with Crippen LogP contribution in [0.25, 0.3) is 0 Å². The summed E-state index contributed by atoms with van der Waals surface area (Å²) < 4.78 is 10.3. The van der Waals surface area contributed by atoms with Crippen LogP contribution in [0, 0.1) is 6.92 Å². The first-order valence-corrected chi connectivity index (χ1v) is 5.04. The topological polar surface area (TPSA) is 47.6 Å². The molecule has 0 aliphatic rings. The quantitative estimate of drug-likeness (QED) is 0.767. The molecule has 0 aliphatic carbocycles. The number of rotatable bonds is 5. The fourth-order valence-corrected chi connectivity index (χ4v) is 1.54. The van der Waals surface area contributed by atoms with Crippen molar-refractivity contribution in [3.05, 3.63) is 23.3 Å². The van der Waals surface area contributed by atoms with E-state index in [1.165, 1.54) is 0 Å². The molecule has 16 heavy (non-hydrogen) atoms. The van der Waals surface area contributed by atoms with Crippen molar-refractivity contribution < 1.29 is 14.3 Å². The number of nitrogens with one attached hydrogen (secondary N) is 1. The minimum Gasteiger partial charge on any atom is -0.493 e. The molecular weight excluding hydrogens is 206 g/mol. The Kier molecular flexibility index (Phi) is 4.31. The molecule has 0 aliphatic heterocycles. The maximum Gasteiger partial charge on any atom is 0.176 e. The van der Waals surface area contributed by atoms with E-state index in [-0.39, 0.29) is 5.78 Å². The van der Waals surface area contributed by atoms with Crippen LogP contribution < -0.4 is 14.8 Å². The number of Topliss-reactive ketones (excluding diaryl/α,β-unsaturated/α-hetero) is 1. The van der Waals surface area contributed by atoms with Crippen LogP contribution >= 0.6 is 0 Å². The summed E-state index contributed by atoms with van der Waals surface area (Å²) in [6.45, 7) is 2.20. The molecule has 0 amide bonds. The van der Waals surface area contributed by atoms with E-state index < -0.39 is 0 Å². The van der Waals surface area contributed by atoms with E-state index in [0.717, 1.165) is 5.56 Å². The molecule has 1 aromatic carbocycles. The predicted octanol–water partition coefficient (Wildman–Crippen LogP) is 1.41. The lowest BCUT2D eigenvalue weighted by Crippen LogP contribution is -2.19. The number of aryl methyl sites for hydroxylation is 1. The van der Waals surface area contributed by atoms with E-state index in [4.69, 9.17) is 9.47 Å². The van der Waals surface area contributed by atoms with Crippen molar-refractivity contribution >= 4 is 5.78 Å². The van der Waals surface area contributed by atoms with E-state index in [1.807, 2.05) is 13.0 Å². The third-order valence-electron chi connectivity index (χ3n) is 2.37. The van der Waals surface area contributed by atoms with Crippen molar-refractivity contribution in [2.24, 2.45) is 0 Å². The Morgan fingerprint density at radius 2 is 1.81 bits per heavy atom. The van der Waals surface area contributed by atoms with Crippen molar-refractivity contribution in [1.29, 1.82) is 0 Å². The Morgan fingerprint density at radius 3 is 2.31 bits per heavy atom. The van der Waals surface area contributed by atoms with Crippen molar-refractivity contribution in [3.63, 3.8) is 0 Å². The van der Waals surface area contributed by atoms with Gasteiger partial charge >= 0.3 is 0 Å². The molecule has 0 saturated heterocycles. The number of likely N-dealkylation sites (N-methyl/N-ethyl adjacent to an activating group) is 1. The molecule has 1 N–H and O–H groups in total. The van der Waals surface area contributed by atoms with Crippen LogP contribution in [-0.4, -0.2) is 33.6 Å². The second-order valence-electron chi connectivity index (χ2n) is 3.48. The highest BCUT2D eigenvalue weighted by Gasteiger charge is 2.13. The van der Waals surface area contributed by atoms with Crippen LogP contribution in [-0.2, 0) is 0 Å². The van der Waals surface area contributed by atoms with Crippen molar-refractivity contribution in [2.45, 2.75) is 6.92 Å². The summed E-state index contributed by atoms with van der Waals surface area (Å²) >= 11 is 0. The Balaban J connectivity index is 3.15. The summed E-state index contributed by atoms with van der Waals surface area (Å²) in [5, 5.41) is 2.84. The van der Waals surface area contributed by atoms with Gasteiger partial charge in [0, 0.05) is 5.56 Å². The Labute approximate surface area is 95.6 Å². The van der Waals surface area contributed by atoms with E-state index in [9.17, 15) is 4.79 Å². The van der Waals surface area contributed by atoms with Gasteiger partial charge in [0.25, 0.3) is 0 Å². The highest BCUT2D eigenvalue weighted by Crippen LogP contribution is 2.30. The third kappa shape index (κ3) is 2.52. The Morgan fingerprint density at radius 1 is 1.25 bits per heavy atom. The molecule has 0 spiro atoms. The molecule has 4 heteroatoms. The summed E-state index contributed by atoms with van der Waals surface area (Å²) in [4.78, 5) is 11.8. The predicted molar refractivity (Wildman–Crippen MR) is 62.5 cm³/mol. The molecule has 0 heterocycles. The molecular formula is C12H17NO3. The minimum absolute atomic E-state index is 0.0425. The summed E-state index contributed by atoms with van der Waals surface area (Å²) in [5.74, 6) is 1.26. The van der Waals surface area contributed by atoms with Crippen molar-refractivity contribution in [3.8, 4) is 11.5 Å². The van der Waals surface area contributed by atoms with E-state index >= 15 is 0 Å². The van der Waals surface area contributed by atoms with Gasteiger partial charge < -0.3 is 14.8 Å². The van der Waals surface area contributed by atoms with Crippen LogP contribution in [0.4, 0.5) is 0 Å². The van der Waals surface area contributed by atoms with E-state index in [0.29, 0.717) is 23.6 Å². The Bertz CT molecular complexity index is 388. The van der Waals surface area contributed by atoms with E-state index in [1.54, 1.807) is 27.3 Å². The monoisotopic (exact) mass is 223 g/mol. The van der Waals surface area contributed by atoms with Crippen LogP contribution in [0.2, 0.25) is 0 Å². The zero-order valence-electron chi connectivity index (χ0n) is 10.1. The lowest BCUT2D eigenvalue weighted by Gasteiger charge is -2.11. The van der Waals surface area contributed by atoms with Gasteiger partial charge in [-0.15, -0.1) is 0 Å². The summed E-state index contributed by atoms with van der Waals surface area (Å²) in [6, 6.07) is 3.52. The standard InChI is InChI=1S/C12H17NO3/c1-8-5-11(15-3)12(16-4)6-9(8)10(14)7-13-2/h5-6,13H,7H2,1-4H3. The van der Waals surface area contributed by atoms with Crippen LogP contribution in [0.3, 0.4) is 0 Å². The molecule has 0 radical (unpaired) electrons. The first-order valence-electron chi connectivity index (χ1n) is 5.04. The number of ether oxygens (including phenoxy) is 2. The molecule has 4 nitrogen and oxygen atoms in total. The third-order valence-corrected chi connectivity index (χ3v) is 2.37. The molecule has 1 aromatic rings. The van der Waals surface area contributed by atoms with Gasteiger partial charge in [0.05, 0.1) is 20.8 Å². The van der Waals surface area contributed by atoms with E-state index in [2.05, 4.69) is 5.32 Å². The summed E-state index contributed by atoms with van der Waals surface area (Å²) in [6.07, 6.45) is 0. The zero-order valence-corrected chi connectivity index (χ0v) is 10.1. The highest BCUT2D eigenvalue weighted by atomic mass is 16.5. The summed E-state index contributed by atoms with van der Waals surface area (Å²) in [5.41, 5.74) is 1.55. The van der Waals surface area contributed by atoms with Gasteiger partial charge in [-0.1, -0.05) is 0 Å². The fraction of sp³-hybridized carbons (Fsp3) is 0.417. The lowest BCUT2D eigenvalue weighted by molar-refractivity contribution is 0.0992. The van der Waals surface area contributed by atoms with Crippen LogP contribution in [0.15, 0.2) is 12.1 Å². The SMILES string of the molecule is CNCC(=O)c1cc(OC)c(OC)cc1C. The maximum atomic E-state index is 11.8. The van der Waals surface area contributed by atoms with Crippen molar-refractivity contribution in [1.82, 2.24) is 5.32 Å². The van der Waals surface area contributed by atoms with Gasteiger partial charge in [0.2, 0.25) is 0 Å². The second-order valence-corrected chi connectivity index (χ2v) is 3.48. The normalized spacial score (nSPS) is 10.0. The van der Waals surface area contributed by atoms with Gasteiger partial charge in [-0.3, -0.25) is 4.79 Å². The Hall–Kier alpha value is -1.55. The second kappa shape index (κ2) is 5.51. The van der Waals surface area contributed by atoms with Crippen LogP contribution in [0.5, 0.6) is 11.5 Å². The molecule has 1 rings (SSSR count). The largest absolute Gasteiger partial charge is 0.493 e. The number of ketones is 1. The highest BCUT2D eigenvalue weighted by molar-refractivity contribution is 5.99. The van der Waals surface area contributed by atoms with Crippen LogP contribution in [0.1, 0.15) is 15.9 Å². The first kappa shape index (κ1) is 12.5. The smallest absolute Gasteiger partial charge is 0.176 e. The van der Waals surface area contributed by atoms with Gasteiger partial charge in [-0.25, -0.2) is 0 Å². The van der Waals surface area contributed by atoms with Crippen molar-refractivity contribution in [2.75, 3.05) is 27.8 Å². The molecule has 0 bridgehead atoms. The number of benzene rings is 1. The van der Waals surface area contributed by atoms with Gasteiger partial charge in [0.1, 0.15) is 0 Å². The molecule has 0 atom stereocenters. The number of carbonyl (C=O) groups is 1. The molecule has 88 valence electrons. The summed E-state index contributed by atoms with van der Waals surface area (Å²) in [7, 11) is 4.87. The number of carbonyl (C=O) groups excluding carboxylic acids is 1. The average molecular weight is 223 g/mol. The minimum atomic E-state index is 0.0425. The molecule has 0 aromatic heterocycles. The van der Waals surface area contributed by atoms with Gasteiger partial charge in [-0.2, -0.15) is 0 Å². The molecule has 0 saturated carbocycles. The lowest BCUT2D eigenvalue weighted by atomic mass is 10.0. The van der Waals surface area contributed by atoms with Gasteiger partial charge in [0.15, 0.2) is 17.3 Å².